The second-order valence-electron chi connectivity index (χ2n) is 5.79. The number of carbonyl (C=O) groups excluding carboxylic acids is 1. The lowest BCUT2D eigenvalue weighted by Crippen LogP contribution is -2.20. The van der Waals surface area contributed by atoms with Crippen LogP contribution in [0.25, 0.3) is 5.69 Å². The van der Waals surface area contributed by atoms with Crippen LogP contribution in [0.15, 0.2) is 24.3 Å². The number of carbonyl (C=O) groups is 1. The average molecular weight is 288 g/mol. The first kappa shape index (κ1) is 15.2. The Hall–Kier alpha value is -2.21. The molecule has 0 saturated carbocycles. The Balaban J connectivity index is 2.48. The smallest absolute Gasteiger partial charge is 0.337 e. The Kier molecular flexibility index (Phi) is 4.09. The molecular weight excluding hydrogens is 268 g/mol. The number of hydrogen-bond acceptors (Lipinski definition) is 5. The van der Waals surface area contributed by atoms with E-state index in [1.807, 2.05) is 12.1 Å². The van der Waals surface area contributed by atoms with Gasteiger partial charge in [-0.2, -0.15) is 0 Å². The van der Waals surface area contributed by atoms with Gasteiger partial charge in [-0.25, -0.2) is 9.48 Å². The zero-order chi connectivity index (χ0) is 15.6. The monoisotopic (exact) mass is 288 g/mol. The van der Waals surface area contributed by atoms with E-state index in [-0.39, 0.29) is 11.4 Å². The molecule has 1 heterocycles. The predicted octanol–water partition coefficient (Wildman–Crippen LogP) is 1.81. The molecule has 112 valence electrons. The van der Waals surface area contributed by atoms with Crippen LogP contribution in [0.5, 0.6) is 0 Å². The molecule has 0 saturated heterocycles. The van der Waals surface area contributed by atoms with Gasteiger partial charge < -0.3 is 10.5 Å². The highest BCUT2D eigenvalue weighted by Gasteiger charge is 2.25. The lowest BCUT2D eigenvalue weighted by molar-refractivity contribution is 0.0600. The van der Waals surface area contributed by atoms with E-state index >= 15 is 0 Å². The van der Waals surface area contributed by atoms with Gasteiger partial charge in [0.15, 0.2) is 0 Å². The van der Waals surface area contributed by atoms with Crippen molar-refractivity contribution in [2.24, 2.45) is 5.73 Å². The van der Waals surface area contributed by atoms with Crippen LogP contribution in [0.2, 0.25) is 0 Å². The summed E-state index contributed by atoms with van der Waals surface area (Å²) in [5.41, 5.74) is 8.68. The van der Waals surface area contributed by atoms with E-state index < -0.39 is 0 Å². The molecule has 0 unspecified atom stereocenters. The Morgan fingerprint density at radius 1 is 1.29 bits per heavy atom. The maximum Gasteiger partial charge on any atom is 0.337 e. The molecule has 2 N–H and O–H groups in total. The van der Waals surface area contributed by atoms with Crippen molar-refractivity contribution in [1.29, 1.82) is 0 Å². The summed E-state index contributed by atoms with van der Waals surface area (Å²) < 4.78 is 6.46. The zero-order valence-corrected chi connectivity index (χ0v) is 12.8. The van der Waals surface area contributed by atoms with Crippen molar-refractivity contribution < 1.29 is 9.53 Å². The van der Waals surface area contributed by atoms with Crippen molar-refractivity contribution in [1.82, 2.24) is 15.0 Å². The van der Waals surface area contributed by atoms with Gasteiger partial charge in [-0.3, -0.25) is 0 Å². The Labute approximate surface area is 123 Å². The lowest BCUT2D eigenvalue weighted by atomic mass is 9.90. The van der Waals surface area contributed by atoms with Crippen molar-refractivity contribution in [2.45, 2.75) is 32.7 Å². The van der Waals surface area contributed by atoms with Crippen LogP contribution in [-0.2, 0) is 16.7 Å². The Morgan fingerprint density at radius 3 is 2.38 bits per heavy atom. The maximum atomic E-state index is 11.5. The van der Waals surface area contributed by atoms with Crippen molar-refractivity contribution in [2.75, 3.05) is 7.11 Å². The average Bonchev–Trinajstić information content (AvgIpc) is 2.90. The molecule has 6 nitrogen and oxygen atoms in total. The highest BCUT2D eigenvalue weighted by molar-refractivity contribution is 5.89. The highest BCUT2D eigenvalue weighted by Crippen LogP contribution is 2.27. The lowest BCUT2D eigenvalue weighted by Gasteiger charge is -2.21. The largest absolute Gasteiger partial charge is 0.465 e. The second-order valence-corrected chi connectivity index (χ2v) is 5.79. The first-order valence-electron chi connectivity index (χ1n) is 6.72. The highest BCUT2D eigenvalue weighted by atomic mass is 16.5. The first-order chi connectivity index (χ1) is 9.88. The van der Waals surface area contributed by atoms with Gasteiger partial charge in [0.1, 0.15) is 5.69 Å². The number of esters is 1. The summed E-state index contributed by atoms with van der Waals surface area (Å²) in [7, 11) is 1.36. The molecule has 0 bridgehead atoms. The predicted molar refractivity (Wildman–Crippen MR) is 79.3 cm³/mol. The molecule has 0 spiro atoms. The topological polar surface area (TPSA) is 83.0 Å². The van der Waals surface area contributed by atoms with Crippen molar-refractivity contribution >= 4 is 5.97 Å². The molecule has 0 aliphatic rings. The third kappa shape index (κ3) is 2.95. The molecule has 0 atom stereocenters. The molecule has 0 aliphatic heterocycles. The quantitative estimate of drug-likeness (QED) is 0.871. The summed E-state index contributed by atoms with van der Waals surface area (Å²) in [6.45, 7) is 6.60. The van der Waals surface area contributed by atoms with Gasteiger partial charge in [-0.05, 0) is 24.3 Å². The van der Waals surface area contributed by atoms with Gasteiger partial charge in [0.05, 0.1) is 24.1 Å². The summed E-state index contributed by atoms with van der Waals surface area (Å²) in [6, 6.07) is 7.04. The number of benzene rings is 1. The third-order valence-corrected chi connectivity index (χ3v) is 3.18. The van der Waals surface area contributed by atoms with Gasteiger partial charge in [0.2, 0.25) is 0 Å². The fraction of sp³-hybridized carbons (Fsp3) is 0.400. The SMILES string of the molecule is COC(=O)c1ccc(-n2nnc(CN)c2C(C)(C)C)cc1. The number of rotatable bonds is 3. The zero-order valence-electron chi connectivity index (χ0n) is 12.8. The van der Waals surface area contributed by atoms with E-state index in [0.29, 0.717) is 12.1 Å². The summed E-state index contributed by atoms with van der Waals surface area (Å²) in [6.07, 6.45) is 0. The van der Waals surface area contributed by atoms with Crippen LogP contribution < -0.4 is 5.73 Å². The summed E-state index contributed by atoms with van der Waals surface area (Å²) >= 11 is 0. The summed E-state index contributed by atoms with van der Waals surface area (Å²) in [4.78, 5) is 11.5. The van der Waals surface area contributed by atoms with Crippen molar-refractivity contribution in [3.63, 3.8) is 0 Å². The number of ether oxygens (including phenoxy) is 1. The molecule has 0 amide bonds. The van der Waals surface area contributed by atoms with Gasteiger partial charge >= 0.3 is 5.97 Å². The molecule has 6 heteroatoms. The fourth-order valence-corrected chi connectivity index (χ4v) is 2.24. The van der Waals surface area contributed by atoms with E-state index in [4.69, 9.17) is 10.5 Å². The number of methoxy groups -OCH3 is 1. The standard InChI is InChI=1S/C15H20N4O2/c1-15(2,3)13-12(9-16)17-18-19(13)11-7-5-10(6-8-11)14(20)21-4/h5-8H,9,16H2,1-4H3. The maximum absolute atomic E-state index is 11.5. The minimum absolute atomic E-state index is 0.140. The minimum atomic E-state index is -0.362. The van der Waals surface area contributed by atoms with Crippen molar-refractivity contribution in [3.05, 3.63) is 41.2 Å². The molecule has 1 aromatic heterocycles. The van der Waals surface area contributed by atoms with E-state index in [1.54, 1.807) is 16.8 Å². The Bertz CT molecular complexity index is 639. The first-order valence-corrected chi connectivity index (χ1v) is 6.72. The third-order valence-electron chi connectivity index (χ3n) is 3.18. The van der Waals surface area contributed by atoms with Crippen LogP contribution in [0, 0.1) is 0 Å². The molecule has 0 aliphatic carbocycles. The molecule has 2 rings (SSSR count). The molecule has 1 aromatic carbocycles. The molecule has 0 fully saturated rings. The van der Waals surface area contributed by atoms with E-state index in [2.05, 4.69) is 31.1 Å². The minimum Gasteiger partial charge on any atom is -0.465 e. The number of nitrogens with zero attached hydrogens (tertiary/aromatic N) is 3. The fourth-order valence-electron chi connectivity index (χ4n) is 2.24. The molecule has 0 radical (unpaired) electrons. The van der Waals surface area contributed by atoms with Crippen LogP contribution in [0.1, 0.15) is 42.5 Å². The molecule has 2 aromatic rings. The number of nitrogens with two attached hydrogens (primary N) is 1. The van der Waals surface area contributed by atoms with Gasteiger partial charge in [-0.1, -0.05) is 26.0 Å². The Morgan fingerprint density at radius 2 is 1.90 bits per heavy atom. The normalized spacial score (nSPS) is 11.5. The van der Waals surface area contributed by atoms with Gasteiger partial charge in [0, 0.05) is 12.0 Å². The van der Waals surface area contributed by atoms with Crippen LogP contribution in [0.4, 0.5) is 0 Å². The van der Waals surface area contributed by atoms with Crippen LogP contribution in [0.3, 0.4) is 0 Å². The van der Waals surface area contributed by atoms with Crippen LogP contribution in [-0.4, -0.2) is 28.1 Å². The van der Waals surface area contributed by atoms with Crippen molar-refractivity contribution in [3.8, 4) is 5.69 Å². The molecular formula is C15H20N4O2. The number of hydrogen-bond donors (Lipinski definition) is 1. The molecule has 21 heavy (non-hydrogen) atoms. The van der Waals surface area contributed by atoms with E-state index in [9.17, 15) is 4.79 Å². The van der Waals surface area contributed by atoms with Crippen LogP contribution >= 0.6 is 0 Å². The summed E-state index contributed by atoms with van der Waals surface area (Å²) in [5.74, 6) is -0.362. The summed E-state index contributed by atoms with van der Waals surface area (Å²) in [5, 5.41) is 8.34. The second kappa shape index (κ2) is 5.65. The van der Waals surface area contributed by atoms with Gasteiger partial charge in [0.25, 0.3) is 0 Å². The number of aromatic nitrogens is 3. The van der Waals surface area contributed by atoms with E-state index in [1.165, 1.54) is 7.11 Å². The van der Waals surface area contributed by atoms with E-state index in [0.717, 1.165) is 17.1 Å². The van der Waals surface area contributed by atoms with Gasteiger partial charge in [-0.15, -0.1) is 5.10 Å².